The Morgan fingerprint density at radius 1 is 1.43 bits per heavy atom. The number of H-pyrrole nitrogens is 1. The van der Waals surface area contributed by atoms with Crippen LogP contribution in [-0.4, -0.2) is 32.2 Å². The lowest BCUT2D eigenvalue weighted by atomic mass is 10.1. The van der Waals surface area contributed by atoms with Crippen LogP contribution in [0.25, 0.3) is 11.6 Å². The van der Waals surface area contributed by atoms with Crippen LogP contribution in [-0.2, 0) is 9.59 Å². The van der Waals surface area contributed by atoms with Crippen molar-refractivity contribution in [1.29, 1.82) is 0 Å². The zero-order chi connectivity index (χ0) is 15.2. The van der Waals surface area contributed by atoms with Gasteiger partial charge in [0.15, 0.2) is 11.6 Å². The number of anilines is 1. The highest BCUT2D eigenvalue weighted by molar-refractivity contribution is 5.98. The summed E-state index contributed by atoms with van der Waals surface area (Å²) >= 11 is 0. The largest absolute Gasteiger partial charge is 0.481 e. The summed E-state index contributed by atoms with van der Waals surface area (Å²) in [6, 6.07) is 3.41. The maximum Gasteiger partial charge on any atom is 0.307 e. The van der Waals surface area contributed by atoms with Crippen LogP contribution < -0.4 is 5.32 Å². The molecule has 2 atom stereocenters. The van der Waals surface area contributed by atoms with Gasteiger partial charge in [-0.05, 0) is 17.5 Å². The number of carbonyl (C=O) groups is 2. The van der Waals surface area contributed by atoms with Crippen LogP contribution in [0.2, 0.25) is 0 Å². The summed E-state index contributed by atoms with van der Waals surface area (Å²) in [5, 5.41) is 18.1. The van der Waals surface area contributed by atoms with E-state index in [1.54, 1.807) is 26.0 Å². The van der Waals surface area contributed by atoms with Gasteiger partial charge in [-0.25, -0.2) is 0 Å². The lowest BCUT2D eigenvalue weighted by Crippen LogP contribution is -2.18. The van der Waals surface area contributed by atoms with Crippen molar-refractivity contribution in [2.24, 2.45) is 17.3 Å². The van der Waals surface area contributed by atoms with E-state index in [0.29, 0.717) is 11.6 Å². The molecule has 0 bridgehead atoms. The van der Waals surface area contributed by atoms with E-state index in [1.165, 1.54) is 6.26 Å². The number of hydrogen-bond donors (Lipinski definition) is 3. The summed E-state index contributed by atoms with van der Waals surface area (Å²) in [5.41, 5.74) is -0.559. The molecule has 1 aliphatic carbocycles. The standard InChI is InChI=1S/C13H14N4O4/c1-13(2)7(8(13)11(19)20)10(18)15-12-14-9(16-17-12)6-4-3-5-21-6/h3-5,7-8H,1-2H3,(H,19,20)(H2,14,15,16,17,18)/t7-,8+/m0/s1. The number of nitrogens with zero attached hydrogens (tertiary/aromatic N) is 2. The third-order valence-corrected chi connectivity index (χ3v) is 3.85. The average molecular weight is 290 g/mol. The van der Waals surface area contributed by atoms with Crippen LogP contribution in [0.3, 0.4) is 0 Å². The van der Waals surface area contributed by atoms with E-state index in [2.05, 4.69) is 20.5 Å². The Kier molecular flexibility index (Phi) is 2.82. The molecule has 1 fully saturated rings. The molecule has 0 spiro atoms. The molecule has 1 saturated carbocycles. The molecule has 3 N–H and O–H groups in total. The molecule has 0 aromatic carbocycles. The summed E-state index contributed by atoms with van der Waals surface area (Å²) in [7, 11) is 0. The van der Waals surface area contributed by atoms with Crippen molar-refractivity contribution in [1.82, 2.24) is 15.2 Å². The van der Waals surface area contributed by atoms with Gasteiger partial charge in [-0.15, -0.1) is 5.10 Å². The number of carboxylic acids is 1. The number of aliphatic carboxylic acids is 1. The SMILES string of the molecule is CC1(C)[C@H](C(=O)Nc2n[nH]c(-c3ccco3)n2)[C@@H]1C(=O)O. The molecule has 0 unspecified atom stereocenters. The van der Waals surface area contributed by atoms with Gasteiger partial charge < -0.3 is 9.52 Å². The Hall–Kier alpha value is -2.64. The van der Waals surface area contributed by atoms with E-state index < -0.39 is 29.1 Å². The number of rotatable bonds is 4. The highest BCUT2D eigenvalue weighted by Gasteiger charge is 2.66. The van der Waals surface area contributed by atoms with Crippen LogP contribution in [0.4, 0.5) is 5.95 Å². The maximum atomic E-state index is 12.1. The van der Waals surface area contributed by atoms with Gasteiger partial charge in [0, 0.05) is 0 Å². The number of aromatic amines is 1. The highest BCUT2D eigenvalue weighted by atomic mass is 16.4. The Bertz CT molecular complexity index is 689. The second-order valence-corrected chi connectivity index (χ2v) is 5.59. The van der Waals surface area contributed by atoms with Crippen molar-refractivity contribution < 1.29 is 19.1 Å². The minimum atomic E-state index is -0.966. The monoisotopic (exact) mass is 290 g/mol. The second-order valence-electron chi connectivity index (χ2n) is 5.59. The number of furan rings is 1. The van der Waals surface area contributed by atoms with Gasteiger partial charge in [-0.3, -0.25) is 20.0 Å². The summed E-state index contributed by atoms with van der Waals surface area (Å²) in [4.78, 5) is 27.3. The third kappa shape index (κ3) is 2.18. The molecule has 3 rings (SSSR count). The average Bonchev–Trinajstić information content (AvgIpc) is 2.85. The number of aromatic nitrogens is 3. The van der Waals surface area contributed by atoms with Crippen molar-refractivity contribution in [2.75, 3.05) is 5.32 Å². The van der Waals surface area contributed by atoms with Gasteiger partial charge >= 0.3 is 5.97 Å². The van der Waals surface area contributed by atoms with E-state index in [0.717, 1.165) is 0 Å². The Labute approximate surface area is 119 Å². The molecule has 2 aromatic rings. The zero-order valence-corrected chi connectivity index (χ0v) is 11.5. The van der Waals surface area contributed by atoms with Gasteiger partial charge in [-0.2, -0.15) is 4.98 Å². The van der Waals surface area contributed by atoms with Gasteiger partial charge in [0.05, 0.1) is 18.1 Å². The van der Waals surface area contributed by atoms with Crippen molar-refractivity contribution >= 4 is 17.8 Å². The molecule has 2 heterocycles. The number of carbonyl (C=O) groups excluding carboxylic acids is 1. The fraction of sp³-hybridized carbons (Fsp3) is 0.385. The summed E-state index contributed by atoms with van der Waals surface area (Å²) in [6.45, 7) is 3.50. The van der Waals surface area contributed by atoms with Crippen LogP contribution in [0.15, 0.2) is 22.8 Å². The predicted molar refractivity (Wildman–Crippen MR) is 71.1 cm³/mol. The first-order valence-electron chi connectivity index (χ1n) is 6.41. The second kappa shape index (κ2) is 4.44. The fourth-order valence-corrected chi connectivity index (χ4v) is 2.62. The summed E-state index contributed by atoms with van der Waals surface area (Å²) in [6.07, 6.45) is 1.50. The number of amides is 1. The molecule has 0 radical (unpaired) electrons. The maximum absolute atomic E-state index is 12.1. The van der Waals surface area contributed by atoms with Gasteiger partial charge in [0.1, 0.15) is 0 Å². The van der Waals surface area contributed by atoms with Crippen LogP contribution in [0, 0.1) is 17.3 Å². The van der Waals surface area contributed by atoms with Gasteiger partial charge in [0.2, 0.25) is 11.9 Å². The van der Waals surface area contributed by atoms with Crippen molar-refractivity contribution in [3.63, 3.8) is 0 Å². The first-order chi connectivity index (χ1) is 9.91. The molecular weight excluding hydrogens is 276 g/mol. The molecule has 21 heavy (non-hydrogen) atoms. The molecule has 1 amide bonds. The number of carboxylic acid groups (broad SMARTS) is 1. The molecular formula is C13H14N4O4. The minimum Gasteiger partial charge on any atom is -0.481 e. The lowest BCUT2D eigenvalue weighted by Gasteiger charge is -2.01. The van der Waals surface area contributed by atoms with Crippen LogP contribution >= 0.6 is 0 Å². The zero-order valence-electron chi connectivity index (χ0n) is 11.5. The van der Waals surface area contributed by atoms with Gasteiger partial charge in [-0.1, -0.05) is 13.8 Å². The normalized spacial score (nSPS) is 22.8. The first-order valence-corrected chi connectivity index (χ1v) is 6.41. The van der Waals surface area contributed by atoms with Gasteiger partial charge in [0.25, 0.3) is 0 Å². The molecule has 1 aliphatic rings. The summed E-state index contributed by atoms with van der Waals surface area (Å²) < 4.78 is 5.16. The van der Waals surface area contributed by atoms with E-state index in [1.807, 2.05) is 0 Å². The molecule has 8 heteroatoms. The minimum absolute atomic E-state index is 0.0956. The molecule has 110 valence electrons. The van der Waals surface area contributed by atoms with Crippen molar-refractivity contribution in [3.8, 4) is 11.6 Å². The predicted octanol–water partition coefficient (Wildman–Crippen LogP) is 1.36. The Morgan fingerprint density at radius 2 is 2.19 bits per heavy atom. The van der Waals surface area contributed by atoms with E-state index in [4.69, 9.17) is 9.52 Å². The summed E-state index contributed by atoms with van der Waals surface area (Å²) in [5.74, 6) is -1.64. The van der Waals surface area contributed by atoms with E-state index in [-0.39, 0.29) is 5.95 Å². The quantitative estimate of drug-likeness (QED) is 0.781. The molecule has 2 aromatic heterocycles. The smallest absolute Gasteiger partial charge is 0.307 e. The Morgan fingerprint density at radius 3 is 2.76 bits per heavy atom. The van der Waals surface area contributed by atoms with Crippen molar-refractivity contribution in [2.45, 2.75) is 13.8 Å². The molecule has 0 saturated heterocycles. The highest BCUT2D eigenvalue weighted by Crippen LogP contribution is 2.58. The topological polar surface area (TPSA) is 121 Å². The fourth-order valence-electron chi connectivity index (χ4n) is 2.62. The Balaban J connectivity index is 1.71. The number of nitrogens with one attached hydrogen (secondary N) is 2. The first kappa shape index (κ1) is 13.3. The number of hydrogen-bond acceptors (Lipinski definition) is 5. The van der Waals surface area contributed by atoms with Crippen LogP contribution in [0.5, 0.6) is 0 Å². The lowest BCUT2D eigenvalue weighted by molar-refractivity contribution is -0.140. The van der Waals surface area contributed by atoms with E-state index >= 15 is 0 Å². The third-order valence-electron chi connectivity index (χ3n) is 3.85. The molecule has 0 aliphatic heterocycles. The van der Waals surface area contributed by atoms with Crippen LogP contribution in [0.1, 0.15) is 13.8 Å². The van der Waals surface area contributed by atoms with E-state index in [9.17, 15) is 9.59 Å². The van der Waals surface area contributed by atoms with Crippen molar-refractivity contribution in [3.05, 3.63) is 18.4 Å². The molecule has 8 nitrogen and oxygen atoms in total.